The van der Waals surface area contributed by atoms with Crippen molar-refractivity contribution in [1.29, 1.82) is 5.26 Å². The van der Waals surface area contributed by atoms with E-state index in [0.717, 1.165) is 11.3 Å². The molecule has 0 heterocycles. The SMILES string of the molecule is N#CC(Nc1cccc(Cl)c1)c1cccc(Cl)c1. The summed E-state index contributed by atoms with van der Waals surface area (Å²) >= 11 is 11.8. The van der Waals surface area contributed by atoms with Gasteiger partial charge < -0.3 is 5.32 Å². The number of halogens is 2. The lowest BCUT2D eigenvalue weighted by Crippen LogP contribution is -2.08. The van der Waals surface area contributed by atoms with Gasteiger partial charge in [-0.3, -0.25) is 0 Å². The van der Waals surface area contributed by atoms with E-state index in [0.29, 0.717) is 10.0 Å². The van der Waals surface area contributed by atoms with E-state index in [1.165, 1.54) is 0 Å². The molecule has 2 aromatic rings. The van der Waals surface area contributed by atoms with E-state index in [1.807, 2.05) is 24.3 Å². The van der Waals surface area contributed by atoms with Gasteiger partial charge >= 0.3 is 0 Å². The molecule has 0 saturated carbocycles. The maximum Gasteiger partial charge on any atom is 0.140 e. The van der Waals surface area contributed by atoms with Gasteiger partial charge in [0.25, 0.3) is 0 Å². The minimum Gasteiger partial charge on any atom is -0.366 e. The first-order valence-electron chi connectivity index (χ1n) is 5.36. The molecule has 0 amide bonds. The first-order valence-corrected chi connectivity index (χ1v) is 6.12. The predicted molar refractivity (Wildman–Crippen MR) is 74.9 cm³/mol. The highest BCUT2D eigenvalue weighted by Crippen LogP contribution is 2.23. The first kappa shape index (κ1) is 12.8. The number of rotatable bonds is 3. The summed E-state index contributed by atoms with van der Waals surface area (Å²) in [5.41, 5.74) is 1.62. The molecule has 0 aliphatic heterocycles. The van der Waals surface area contributed by atoms with Gasteiger partial charge in [-0.05, 0) is 35.9 Å². The van der Waals surface area contributed by atoms with Gasteiger partial charge in [-0.2, -0.15) is 5.26 Å². The quantitative estimate of drug-likeness (QED) is 0.884. The lowest BCUT2D eigenvalue weighted by atomic mass is 10.1. The van der Waals surface area contributed by atoms with Gasteiger partial charge in [0.1, 0.15) is 6.04 Å². The van der Waals surface area contributed by atoms with Crippen molar-refractivity contribution in [2.45, 2.75) is 6.04 Å². The van der Waals surface area contributed by atoms with E-state index < -0.39 is 6.04 Å². The van der Waals surface area contributed by atoms with E-state index in [9.17, 15) is 5.26 Å². The normalized spacial score (nSPS) is 11.6. The zero-order chi connectivity index (χ0) is 13.0. The Labute approximate surface area is 116 Å². The molecule has 0 spiro atoms. The summed E-state index contributed by atoms with van der Waals surface area (Å²) in [6.45, 7) is 0. The zero-order valence-corrected chi connectivity index (χ0v) is 10.9. The molecule has 0 aliphatic rings. The van der Waals surface area contributed by atoms with Gasteiger partial charge in [0.15, 0.2) is 0 Å². The molecule has 1 atom stereocenters. The lowest BCUT2D eigenvalue weighted by Gasteiger charge is -2.13. The van der Waals surface area contributed by atoms with Crippen molar-refractivity contribution < 1.29 is 0 Å². The highest BCUT2D eigenvalue weighted by molar-refractivity contribution is 6.31. The van der Waals surface area contributed by atoms with Crippen LogP contribution in [0.4, 0.5) is 5.69 Å². The number of benzene rings is 2. The number of hydrogen-bond donors (Lipinski definition) is 1. The fourth-order valence-electron chi connectivity index (χ4n) is 1.62. The van der Waals surface area contributed by atoms with Crippen LogP contribution in [0.25, 0.3) is 0 Å². The van der Waals surface area contributed by atoms with Gasteiger partial charge in [-0.15, -0.1) is 0 Å². The maximum atomic E-state index is 9.21. The Balaban J connectivity index is 2.23. The molecule has 0 saturated heterocycles. The topological polar surface area (TPSA) is 35.8 Å². The molecular formula is C14H10Cl2N2. The summed E-state index contributed by atoms with van der Waals surface area (Å²) in [7, 11) is 0. The van der Waals surface area contributed by atoms with E-state index in [-0.39, 0.29) is 0 Å². The Morgan fingerprint density at radius 3 is 2.28 bits per heavy atom. The van der Waals surface area contributed by atoms with Crippen molar-refractivity contribution in [1.82, 2.24) is 0 Å². The molecular weight excluding hydrogens is 267 g/mol. The number of anilines is 1. The van der Waals surface area contributed by atoms with Crippen LogP contribution in [-0.4, -0.2) is 0 Å². The van der Waals surface area contributed by atoms with Crippen LogP contribution < -0.4 is 5.32 Å². The van der Waals surface area contributed by atoms with Gasteiger partial charge in [0.2, 0.25) is 0 Å². The van der Waals surface area contributed by atoms with Crippen LogP contribution in [0.1, 0.15) is 11.6 Å². The molecule has 2 aromatic carbocycles. The molecule has 0 radical (unpaired) electrons. The smallest absolute Gasteiger partial charge is 0.140 e. The third-order valence-electron chi connectivity index (χ3n) is 2.45. The minimum absolute atomic E-state index is 0.456. The second-order valence-electron chi connectivity index (χ2n) is 3.77. The van der Waals surface area contributed by atoms with Crippen LogP contribution in [0, 0.1) is 11.3 Å². The fraction of sp³-hybridized carbons (Fsp3) is 0.0714. The fourth-order valence-corrected chi connectivity index (χ4v) is 2.01. The minimum atomic E-state index is -0.456. The summed E-state index contributed by atoms with van der Waals surface area (Å²) in [6.07, 6.45) is 0. The van der Waals surface area contributed by atoms with E-state index in [4.69, 9.17) is 23.2 Å². The van der Waals surface area contributed by atoms with Crippen molar-refractivity contribution in [2.75, 3.05) is 5.32 Å². The molecule has 2 nitrogen and oxygen atoms in total. The molecule has 0 fully saturated rings. The van der Waals surface area contributed by atoms with Crippen LogP contribution in [-0.2, 0) is 0 Å². The monoisotopic (exact) mass is 276 g/mol. The Morgan fingerprint density at radius 2 is 1.67 bits per heavy atom. The summed E-state index contributed by atoms with van der Waals surface area (Å²) < 4.78 is 0. The Hall–Kier alpha value is -1.69. The lowest BCUT2D eigenvalue weighted by molar-refractivity contribution is 0.998. The summed E-state index contributed by atoms with van der Waals surface area (Å²) in [5.74, 6) is 0. The first-order chi connectivity index (χ1) is 8.69. The predicted octanol–water partition coefficient (Wildman–Crippen LogP) is 4.67. The van der Waals surface area contributed by atoms with Crippen LogP contribution in [0.2, 0.25) is 10.0 Å². The number of hydrogen-bond acceptors (Lipinski definition) is 2. The Morgan fingerprint density at radius 1 is 1.00 bits per heavy atom. The number of nitrogens with one attached hydrogen (secondary N) is 1. The molecule has 4 heteroatoms. The van der Waals surface area contributed by atoms with E-state index in [1.54, 1.807) is 24.3 Å². The number of nitriles is 1. The molecule has 0 aliphatic carbocycles. The van der Waals surface area contributed by atoms with Crippen molar-refractivity contribution in [2.24, 2.45) is 0 Å². The van der Waals surface area contributed by atoms with Crippen LogP contribution in [0.5, 0.6) is 0 Å². The Kier molecular flexibility index (Phi) is 4.09. The third kappa shape index (κ3) is 3.16. The van der Waals surface area contributed by atoms with Crippen LogP contribution in [0.3, 0.4) is 0 Å². The van der Waals surface area contributed by atoms with Gasteiger partial charge in [-0.1, -0.05) is 41.4 Å². The molecule has 2 rings (SSSR count). The van der Waals surface area contributed by atoms with Crippen molar-refractivity contribution >= 4 is 28.9 Å². The van der Waals surface area contributed by atoms with Gasteiger partial charge in [0, 0.05) is 15.7 Å². The standard InChI is InChI=1S/C14H10Cl2N2/c15-11-4-1-3-10(7-11)14(9-17)18-13-6-2-5-12(16)8-13/h1-8,14,18H. The van der Waals surface area contributed by atoms with Crippen LogP contribution >= 0.6 is 23.2 Å². The summed E-state index contributed by atoms with van der Waals surface area (Å²) in [5, 5.41) is 13.6. The van der Waals surface area contributed by atoms with Crippen molar-refractivity contribution in [3.63, 3.8) is 0 Å². The van der Waals surface area contributed by atoms with Gasteiger partial charge in [-0.25, -0.2) is 0 Å². The molecule has 1 N–H and O–H groups in total. The largest absolute Gasteiger partial charge is 0.366 e. The summed E-state index contributed by atoms with van der Waals surface area (Å²) in [6, 6.07) is 16.2. The van der Waals surface area contributed by atoms with Crippen LogP contribution in [0.15, 0.2) is 48.5 Å². The molecule has 90 valence electrons. The van der Waals surface area contributed by atoms with Crippen molar-refractivity contribution in [3.05, 3.63) is 64.1 Å². The molecule has 0 bridgehead atoms. The van der Waals surface area contributed by atoms with E-state index in [2.05, 4.69) is 11.4 Å². The molecule has 18 heavy (non-hydrogen) atoms. The van der Waals surface area contributed by atoms with E-state index >= 15 is 0 Å². The average Bonchev–Trinajstić information content (AvgIpc) is 2.36. The summed E-state index contributed by atoms with van der Waals surface area (Å²) in [4.78, 5) is 0. The zero-order valence-electron chi connectivity index (χ0n) is 9.40. The second kappa shape index (κ2) is 5.77. The van der Waals surface area contributed by atoms with Crippen molar-refractivity contribution in [3.8, 4) is 6.07 Å². The third-order valence-corrected chi connectivity index (χ3v) is 2.92. The van der Waals surface area contributed by atoms with Gasteiger partial charge in [0.05, 0.1) is 6.07 Å². The Bertz CT molecular complexity index is 590. The maximum absolute atomic E-state index is 9.21. The second-order valence-corrected chi connectivity index (χ2v) is 4.64. The average molecular weight is 277 g/mol. The number of nitrogens with zero attached hydrogens (tertiary/aromatic N) is 1. The molecule has 0 aromatic heterocycles. The highest BCUT2D eigenvalue weighted by atomic mass is 35.5. The highest BCUT2D eigenvalue weighted by Gasteiger charge is 2.10. The molecule has 1 unspecified atom stereocenters.